The Morgan fingerprint density at radius 2 is 2.11 bits per heavy atom. The fourth-order valence-electron chi connectivity index (χ4n) is 2.27. The zero-order valence-electron chi connectivity index (χ0n) is 11.1. The summed E-state index contributed by atoms with van der Waals surface area (Å²) in [4.78, 5) is 14.0. The predicted octanol–water partition coefficient (Wildman–Crippen LogP) is 3.15. The van der Waals surface area contributed by atoms with Gasteiger partial charge in [0.05, 0.1) is 13.2 Å². The van der Waals surface area contributed by atoms with Crippen molar-refractivity contribution in [1.82, 2.24) is 4.90 Å². The third-order valence-electron chi connectivity index (χ3n) is 3.36. The molecule has 1 fully saturated rings. The number of nitrogens with zero attached hydrogens (tertiary/aromatic N) is 1. The molecule has 0 N–H and O–H groups in total. The van der Waals surface area contributed by atoms with E-state index in [-0.39, 0.29) is 12.0 Å². The Morgan fingerprint density at radius 1 is 1.32 bits per heavy atom. The van der Waals surface area contributed by atoms with Crippen LogP contribution in [0.2, 0.25) is 0 Å². The van der Waals surface area contributed by atoms with Crippen molar-refractivity contribution in [1.29, 1.82) is 0 Å². The van der Waals surface area contributed by atoms with E-state index >= 15 is 0 Å². The quantitative estimate of drug-likeness (QED) is 0.614. The first kappa shape index (κ1) is 14.5. The van der Waals surface area contributed by atoms with Crippen molar-refractivity contribution in [3.8, 4) is 0 Å². The van der Waals surface area contributed by atoms with Crippen molar-refractivity contribution in [3.63, 3.8) is 0 Å². The van der Waals surface area contributed by atoms with E-state index in [1.165, 1.54) is 0 Å². The van der Waals surface area contributed by atoms with Gasteiger partial charge < -0.3 is 9.64 Å². The molecule has 0 bridgehead atoms. The van der Waals surface area contributed by atoms with Crippen LogP contribution in [0.1, 0.15) is 30.9 Å². The molecule has 1 amide bonds. The van der Waals surface area contributed by atoms with E-state index in [1.54, 1.807) is 0 Å². The maximum Gasteiger partial charge on any atom is 0.222 e. The molecule has 1 aliphatic rings. The number of benzene rings is 1. The topological polar surface area (TPSA) is 29.5 Å². The number of alkyl halides is 1. The van der Waals surface area contributed by atoms with Crippen molar-refractivity contribution in [2.45, 2.75) is 25.4 Å². The van der Waals surface area contributed by atoms with E-state index in [9.17, 15) is 4.79 Å². The van der Waals surface area contributed by atoms with Crippen LogP contribution < -0.4 is 0 Å². The van der Waals surface area contributed by atoms with Crippen molar-refractivity contribution in [2.75, 3.05) is 25.0 Å². The first-order valence-electron chi connectivity index (χ1n) is 6.81. The second-order valence-electron chi connectivity index (χ2n) is 4.76. The summed E-state index contributed by atoms with van der Waals surface area (Å²) in [6, 6.07) is 10.1. The Labute approximate surface area is 123 Å². The van der Waals surface area contributed by atoms with E-state index in [0.29, 0.717) is 19.6 Å². The first-order valence-corrected chi connectivity index (χ1v) is 7.93. The highest BCUT2D eigenvalue weighted by atomic mass is 79.9. The Bertz CT molecular complexity index is 396. The lowest BCUT2D eigenvalue weighted by atomic mass is 10.1. The van der Waals surface area contributed by atoms with Crippen LogP contribution in [0.4, 0.5) is 0 Å². The molecule has 1 aliphatic heterocycles. The predicted molar refractivity (Wildman–Crippen MR) is 79.4 cm³/mol. The maximum atomic E-state index is 12.1. The molecular formula is C15H20BrNO2. The van der Waals surface area contributed by atoms with Crippen molar-refractivity contribution in [3.05, 3.63) is 35.9 Å². The average molecular weight is 326 g/mol. The van der Waals surface area contributed by atoms with Gasteiger partial charge in [-0.2, -0.15) is 0 Å². The molecular weight excluding hydrogens is 306 g/mol. The van der Waals surface area contributed by atoms with Crippen LogP contribution in [0.15, 0.2) is 30.3 Å². The maximum absolute atomic E-state index is 12.1. The van der Waals surface area contributed by atoms with Gasteiger partial charge in [-0.3, -0.25) is 4.79 Å². The SMILES string of the molecule is O=C(CCCCBr)N1CCOC(c2ccccc2)C1. The number of halogens is 1. The van der Waals surface area contributed by atoms with E-state index in [0.717, 1.165) is 30.3 Å². The van der Waals surface area contributed by atoms with Crippen LogP contribution in [0, 0.1) is 0 Å². The number of ether oxygens (including phenoxy) is 1. The van der Waals surface area contributed by atoms with Gasteiger partial charge in [0.25, 0.3) is 0 Å². The fourth-order valence-corrected chi connectivity index (χ4v) is 2.67. The second-order valence-corrected chi connectivity index (χ2v) is 5.55. The number of hydrogen-bond donors (Lipinski definition) is 0. The summed E-state index contributed by atoms with van der Waals surface area (Å²) in [6.07, 6.45) is 2.68. The zero-order chi connectivity index (χ0) is 13.5. The first-order chi connectivity index (χ1) is 9.31. The third kappa shape index (κ3) is 4.32. The molecule has 1 heterocycles. The Morgan fingerprint density at radius 3 is 2.84 bits per heavy atom. The van der Waals surface area contributed by atoms with Crippen LogP contribution in [-0.2, 0) is 9.53 Å². The summed E-state index contributed by atoms with van der Waals surface area (Å²) < 4.78 is 5.77. The lowest BCUT2D eigenvalue weighted by Crippen LogP contribution is -2.42. The highest BCUT2D eigenvalue weighted by Crippen LogP contribution is 2.22. The summed E-state index contributed by atoms with van der Waals surface area (Å²) >= 11 is 3.39. The highest BCUT2D eigenvalue weighted by molar-refractivity contribution is 9.09. The number of unbranched alkanes of at least 4 members (excludes halogenated alkanes) is 1. The minimum atomic E-state index is 0.0232. The van der Waals surface area contributed by atoms with E-state index in [2.05, 4.69) is 28.1 Å². The van der Waals surface area contributed by atoms with E-state index < -0.39 is 0 Å². The minimum absolute atomic E-state index is 0.0232. The molecule has 2 rings (SSSR count). The number of amides is 1. The molecule has 0 aliphatic carbocycles. The van der Waals surface area contributed by atoms with Crippen molar-refractivity contribution in [2.24, 2.45) is 0 Å². The van der Waals surface area contributed by atoms with Crippen LogP contribution in [0.5, 0.6) is 0 Å². The molecule has 1 unspecified atom stereocenters. The Hall–Kier alpha value is -0.870. The normalized spacial score (nSPS) is 19.4. The molecule has 19 heavy (non-hydrogen) atoms. The summed E-state index contributed by atoms with van der Waals surface area (Å²) in [5.74, 6) is 0.255. The molecule has 0 radical (unpaired) electrons. The number of carbonyl (C=O) groups excluding carboxylic acids is 1. The van der Waals surface area contributed by atoms with Gasteiger partial charge in [0, 0.05) is 18.3 Å². The molecule has 3 nitrogen and oxygen atoms in total. The van der Waals surface area contributed by atoms with Gasteiger partial charge in [0.1, 0.15) is 6.10 Å². The van der Waals surface area contributed by atoms with Crippen molar-refractivity contribution < 1.29 is 9.53 Å². The van der Waals surface area contributed by atoms with Gasteiger partial charge in [-0.05, 0) is 18.4 Å². The molecule has 1 atom stereocenters. The van der Waals surface area contributed by atoms with Crippen LogP contribution in [0.25, 0.3) is 0 Å². The van der Waals surface area contributed by atoms with Gasteiger partial charge in [0.2, 0.25) is 5.91 Å². The zero-order valence-corrected chi connectivity index (χ0v) is 12.6. The van der Waals surface area contributed by atoms with Crippen LogP contribution in [-0.4, -0.2) is 35.8 Å². The average Bonchev–Trinajstić information content (AvgIpc) is 2.48. The van der Waals surface area contributed by atoms with Gasteiger partial charge in [-0.25, -0.2) is 0 Å². The number of morpholine rings is 1. The van der Waals surface area contributed by atoms with E-state index in [1.807, 2.05) is 23.1 Å². The minimum Gasteiger partial charge on any atom is -0.370 e. The number of carbonyl (C=O) groups is 1. The molecule has 0 saturated carbocycles. The number of hydrogen-bond acceptors (Lipinski definition) is 2. The van der Waals surface area contributed by atoms with Gasteiger partial charge in [-0.15, -0.1) is 0 Å². The molecule has 1 saturated heterocycles. The van der Waals surface area contributed by atoms with Gasteiger partial charge in [0.15, 0.2) is 0 Å². The fraction of sp³-hybridized carbons (Fsp3) is 0.533. The van der Waals surface area contributed by atoms with Crippen molar-refractivity contribution >= 4 is 21.8 Å². The molecule has 0 aromatic heterocycles. The summed E-state index contributed by atoms with van der Waals surface area (Å²) in [5.41, 5.74) is 1.15. The Kier molecular flexibility index (Phi) is 5.86. The molecule has 1 aromatic carbocycles. The lowest BCUT2D eigenvalue weighted by molar-refractivity contribution is -0.139. The standard InChI is InChI=1S/C15H20BrNO2/c16-9-5-4-8-15(18)17-10-11-19-14(12-17)13-6-2-1-3-7-13/h1-3,6-7,14H,4-5,8-12H2. The third-order valence-corrected chi connectivity index (χ3v) is 3.93. The van der Waals surface area contributed by atoms with Crippen LogP contribution in [0.3, 0.4) is 0 Å². The smallest absolute Gasteiger partial charge is 0.222 e. The molecule has 0 spiro atoms. The molecule has 4 heteroatoms. The summed E-state index contributed by atoms with van der Waals surface area (Å²) in [7, 11) is 0. The highest BCUT2D eigenvalue weighted by Gasteiger charge is 2.24. The van der Waals surface area contributed by atoms with Gasteiger partial charge >= 0.3 is 0 Å². The Balaban J connectivity index is 1.88. The summed E-state index contributed by atoms with van der Waals surface area (Å²) in [5, 5.41) is 0.968. The summed E-state index contributed by atoms with van der Waals surface area (Å²) in [6.45, 7) is 2.03. The second kappa shape index (κ2) is 7.65. The monoisotopic (exact) mass is 325 g/mol. The van der Waals surface area contributed by atoms with Gasteiger partial charge in [-0.1, -0.05) is 46.3 Å². The van der Waals surface area contributed by atoms with Crippen LogP contribution >= 0.6 is 15.9 Å². The largest absolute Gasteiger partial charge is 0.370 e. The molecule has 104 valence electrons. The van der Waals surface area contributed by atoms with E-state index in [4.69, 9.17) is 4.74 Å². The number of rotatable bonds is 5. The lowest BCUT2D eigenvalue weighted by Gasteiger charge is -2.33. The molecule has 1 aromatic rings.